The number of ether oxygens (including phenoxy) is 2. The average molecular weight is 449 g/mol. The highest BCUT2D eigenvalue weighted by atomic mass is 32.1. The molecule has 0 fully saturated rings. The standard InChI is InChI=1S/C22H16N4O3S2/c1-28-16-9-7-15(8-10-16)24-20-17(12-23)25-19(29-20)11-18-21(27)26(22(30)31-18)13-14-5-3-2-4-6-14/h2-11,27H,13H2,1H3/b19-11+,24-20?. The summed E-state index contributed by atoms with van der Waals surface area (Å²) in [7, 11) is 1.58. The highest BCUT2D eigenvalue weighted by molar-refractivity contribution is 7.73. The number of methoxy groups -OCH3 is 1. The van der Waals surface area contributed by atoms with Crippen LogP contribution in [0, 0.1) is 15.3 Å². The van der Waals surface area contributed by atoms with Crippen LogP contribution in [0.5, 0.6) is 11.6 Å². The molecule has 0 saturated heterocycles. The lowest BCUT2D eigenvalue weighted by Crippen LogP contribution is -2.07. The predicted octanol–water partition coefficient (Wildman–Crippen LogP) is 5.06. The van der Waals surface area contributed by atoms with Crippen molar-refractivity contribution in [3.63, 3.8) is 0 Å². The van der Waals surface area contributed by atoms with Crippen molar-refractivity contribution in [2.24, 2.45) is 9.98 Å². The zero-order chi connectivity index (χ0) is 21.8. The molecule has 2 aromatic carbocycles. The minimum atomic E-state index is 0.0178. The number of rotatable bonds is 5. The number of benzene rings is 2. The van der Waals surface area contributed by atoms with E-state index in [1.54, 1.807) is 42.0 Å². The summed E-state index contributed by atoms with van der Waals surface area (Å²) < 4.78 is 12.9. The van der Waals surface area contributed by atoms with Gasteiger partial charge in [-0.15, -0.1) is 11.3 Å². The maximum absolute atomic E-state index is 10.7. The molecule has 9 heteroatoms. The highest BCUT2D eigenvalue weighted by Crippen LogP contribution is 2.31. The van der Waals surface area contributed by atoms with E-state index in [0.29, 0.717) is 26.8 Å². The fourth-order valence-electron chi connectivity index (χ4n) is 2.84. The summed E-state index contributed by atoms with van der Waals surface area (Å²) in [5, 5.41) is 20.0. The largest absolute Gasteiger partial charge is 0.497 e. The Morgan fingerprint density at radius 2 is 2.00 bits per heavy atom. The molecule has 1 aromatic heterocycles. The van der Waals surface area contributed by atoms with Crippen molar-refractivity contribution < 1.29 is 14.6 Å². The molecule has 0 atom stereocenters. The molecule has 0 unspecified atom stereocenters. The van der Waals surface area contributed by atoms with E-state index in [9.17, 15) is 10.4 Å². The molecule has 0 bridgehead atoms. The van der Waals surface area contributed by atoms with Gasteiger partial charge in [0.1, 0.15) is 11.8 Å². The lowest BCUT2D eigenvalue weighted by Gasteiger charge is -2.04. The molecule has 7 nitrogen and oxygen atoms in total. The molecule has 31 heavy (non-hydrogen) atoms. The van der Waals surface area contributed by atoms with Gasteiger partial charge in [-0.2, -0.15) is 10.3 Å². The first-order valence-electron chi connectivity index (χ1n) is 9.15. The third-order valence-electron chi connectivity index (χ3n) is 4.37. The van der Waals surface area contributed by atoms with Crippen LogP contribution in [0.3, 0.4) is 0 Å². The Labute approximate surface area is 187 Å². The normalized spacial score (nSPS) is 15.5. The molecule has 4 rings (SSSR count). The van der Waals surface area contributed by atoms with E-state index in [0.717, 1.165) is 5.56 Å². The predicted molar refractivity (Wildman–Crippen MR) is 123 cm³/mol. The van der Waals surface area contributed by atoms with Crippen molar-refractivity contribution in [3.05, 3.63) is 74.9 Å². The van der Waals surface area contributed by atoms with Crippen molar-refractivity contribution in [1.29, 1.82) is 5.26 Å². The van der Waals surface area contributed by atoms with Crippen LogP contribution in [-0.4, -0.2) is 28.4 Å². The summed E-state index contributed by atoms with van der Waals surface area (Å²) in [6, 6.07) is 18.7. The van der Waals surface area contributed by atoms with Crippen LogP contribution in [0.2, 0.25) is 0 Å². The molecule has 154 valence electrons. The van der Waals surface area contributed by atoms with E-state index >= 15 is 0 Å². The number of aromatic nitrogens is 1. The van der Waals surface area contributed by atoms with Crippen LogP contribution in [0.25, 0.3) is 6.08 Å². The molecule has 3 aromatic rings. The molecular formula is C22H16N4O3S2. The molecule has 0 aliphatic carbocycles. The van der Waals surface area contributed by atoms with Gasteiger partial charge in [0, 0.05) is 6.08 Å². The van der Waals surface area contributed by atoms with E-state index < -0.39 is 0 Å². The number of nitriles is 1. The van der Waals surface area contributed by atoms with Crippen molar-refractivity contribution in [2.45, 2.75) is 6.54 Å². The fourth-order valence-corrected chi connectivity index (χ4v) is 4.07. The molecule has 0 amide bonds. The van der Waals surface area contributed by atoms with Crippen LogP contribution >= 0.6 is 23.6 Å². The molecule has 1 N–H and O–H groups in total. The van der Waals surface area contributed by atoms with Crippen LogP contribution in [0.15, 0.2) is 70.5 Å². The van der Waals surface area contributed by atoms with Gasteiger partial charge in [-0.3, -0.25) is 4.57 Å². The van der Waals surface area contributed by atoms with Crippen LogP contribution in [-0.2, 0) is 11.3 Å². The molecule has 1 aliphatic rings. The first-order chi connectivity index (χ1) is 15.1. The second kappa shape index (κ2) is 8.95. The third kappa shape index (κ3) is 4.55. The number of aromatic hydroxyl groups is 1. The van der Waals surface area contributed by atoms with Gasteiger partial charge in [0.25, 0.3) is 5.90 Å². The van der Waals surface area contributed by atoms with E-state index in [2.05, 4.69) is 9.98 Å². The summed E-state index contributed by atoms with van der Waals surface area (Å²) in [6.07, 6.45) is 1.55. The first-order valence-corrected chi connectivity index (χ1v) is 10.4. The summed E-state index contributed by atoms with van der Waals surface area (Å²) >= 11 is 6.64. The second-order valence-electron chi connectivity index (χ2n) is 6.40. The lowest BCUT2D eigenvalue weighted by molar-refractivity contribution is 0.415. The van der Waals surface area contributed by atoms with E-state index in [1.165, 1.54) is 11.3 Å². The summed E-state index contributed by atoms with van der Waals surface area (Å²) in [5.41, 5.74) is 1.66. The van der Waals surface area contributed by atoms with Crippen molar-refractivity contribution >= 4 is 46.9 Å². The maximum Gasteiger partial charge on any atom is 0.258 e. The monoisotopic (exact) mass is 448 g/mol. The average Bonchev–Trinajstić information content (AvgIpc) is 3.30. The van der Waals surface area contributed by atoms with Gasteiger partial charge in [-0.25, -0.2) is 4.99 Å². The van der Waals surface area contributed by atoms with Crippen molar-refractivity contribution in [1.82, 2.24) is 4.57 Å². The minimum Gasteiger partial charge on any atom is -0.497 e. The van der Waals surface area contributed by atoms with Crippen LogP contribution in [0.1, 0.15) is 10.4 Å². The van der Waals surface area contributed by atoms with Crippen LogP contribution < -0.4 is 4.74 Å². The quantitative estimate of drug-likeness (QED) is 0.551. The van der Waals surface area contributed by atoms with E-state index in [-0.39, 0.29) is 23.4 Å². The molecule has 0 radical (unpaired) electrons. The number of aliphatic imine (C=N–C) groups is 2. The Balaban J connectivity index is 1.60. The van der Waals surface area contributed by atoms with Gasteiger partial charge in [-0.05, 0) is 42.0 Å². The molecule has 0 saturated carbocycles. The Morgan fingerprint density at radius 1 is 1.26 bits per heavy atom. The molecular weight excluding hydrogens is 432 g/mol. The first kappa shape index (κ1) is 20.5. The van der Waals surface area contributed by atoms with Crippen molar-refractivity contribution in [3.8, 4) is 17.7 Å². The lowest BCUT2D eigenvalue weighted by atomic mass is 10.2. The SMILES string of the molecule is COc1ccc(N=C2O/C(=C/c3sc(=S)n(Cc4ccccc4)c3O)N=C2C#N)cc1. The Hall–Kier alpha value is -3.74. The van der Waals surface area contributed by atoms with E-state index in [4.69, 9.17) is 21.7 Å². The van der Waals surface area contributed by atoms with Gasteiger partial charge in [-0.1, -0.05) is 30.3 Å². The molecule has 2 heterocycles. The zero-order valence-corrected chi connectivity index (χ0v) is 18.0. The summed E-state index contributed by atoms with van der Waals surface area (Å²) in [6.45, 7) is 0.447. The van der Waals surface area contributed by atoms with E-state index in [1.807, 2.05) is 36.4 Å². The zero-order valence-electron chi connectivity index (χ0n) is 16.3. The summed E-state index contributed by atoms with van der Waals surface area (Å²) in [4.78, 5) is 9.00. The van der Waals surface area contributed by atoms with Gasteiger partial charge in [0.15, 0.2) is 3.95 Å². The Kier molecular flexibility index (Phi) is 5.93. The Bertz CT molecular complexity index is 1300. The topological polar surface area (TPSA) is 92.1 Å². The smallest absolute Gasteiger partial charge is 0.258 e. The molecule has 0 spiro atoms. The maximum atomic E-state index is 10.7. The second-order valence-corrected chi connectivity index (χ2v) is 8.08. The molecule has 1 aliphatic heterocycles. The highest BCUT2D eigenvalue weighted by Gasteiger charge is 2.23. The van der Waals surface area contributed by atoms with Gasteiger partial charge in [0.2, 0.25) is 17.5 Å². The van der Waals surface area contributed by atoms with Gasteiger partial charge < -0.3 is 14.6 Å². The third-order valence-corrected chi connectivity index (χ3v) is 5.75. The number of hydrogen-bond donors (Lipinski definition) is 1. The van der Waals surface area contributed by atoms with Crippen molar-refractivity contribution in [2.75, 3.05) is 7.11 Å². The minimum absolute atomic E-state index is 0.0178. The van der Waals surface area contributed by atoms with Crippen LogP contribution in [0.4, 0.5) is 5.69 Å². The van der Waals surface area contributed by atoms with Gasteiger partial charge >= 0.3 is 0 Å². The number of hydrogen-bond acceptors (Lipinski definition) is 8. The van der Waals surface area contributed by atoms with Gasteiger partial charge in [0.05, 0.1) is 24.2 Å². The summed E-state index contributed by atoms with van der Waals surface area (Å²) in [5.74, 6) is 0.958. The Morgan fingerprint density at radius 3 is 2.68 bits per heavy atom. The fraction of sp³-hybridized carbons (Fsp3) is 0.0909. The number of thiazole rings is 1. The number of nitrogens with zero attached hydrogens (tertiary/aromatic N) is 4.